The summed E-state index contributed by atoms with van der Waals surface area (Å²) in [6.07, 6.45) is 5.71. The summed E-state index contributed by atoms with van der Waals surface area (Å²) < 4.78 is 12.4. The maximum absolute atomic E-state index is 13.3. The highest BCUT2D eigenvalue weighted by Crippen LogP contribution is 2.37. The monoisotopic (exact) mass is 504 g/mol. The Morgan fingerprint density at radius 3 is 2.89 bits per heavy atom. The van der Waals surface area contributed by atoms with E-state index in [4.69, 9.17) is 9.47 Å². The van der Waals surface area contributed by atoms with Gasteiger partial charge in [-0.1, -0.05) is 0 Å². The van der Waals surface area contributed by atoms with Crippen LogP contribution < -0.4 is 10.1 Å². The molecular formula is C27H28N4O4S. The van der Waals surface area contributed by atoms with Gasteiger partial charge < -0.3 is 24.7 Å². The lowest BCUT2D eigenvalue weighted by Crippen LogP contribution is -2.37. The summed E-state index contributed by atoms with van der Waals surface area (Å²) >= 11 is 1.40. The molecule has 8 nitrogen and oxygen atoms in total. The summed E-state index contributed by atoms with van der Waals surface area (Å²) in [5, 5.41) is 3.91. The molecule has 0 unspecified atom stereocenters. The highest BCUT2D eigenvalue weighted by Gasteiger charge is 2.31. The summed E-state index contributed by atoms with van der Waals surface area (Å²) in [5.74, 6) is 1.21. The number of fused-ring (bicyclic) bond motifs is 2. The Hall–Kier alpha value is -3.43. The predicted octanol–water partition coefficient (Wildman–Crippen LogP) is 5.02. The van der Waals surface area contributed by atoms with Crippen molar-refractivity contribution in [3.05, 3.63) is 52.7 Å². The Balaban J connectivity index is 1.30. The van der Waals surface area contributed by atoms with E-state index in [0.717, 1.165) is 59.0 Å². The van der Waals surface area contributed by atoms with Crippen molar-refractivity contribution in [2.24, 2.45) is 0 Å². The summed E-state index contributed by atoms with van der Waals surface area (Å²) in [7, 11) is 1.67. The van der Waals surface area contributed by atoms with E-state index in [1.807, 2.05) is 42.2 Å². The molecule has 4 aromatic rings. The van der Waals surface area contributed by atoms with Gasteiger partial charge in [0.05, 0.1) is 33.3 Å². The fraction of sp³-hybridized carbons (Fsp3) is 0.370. The van der Waals surface area contributed by atoms with Gasteiger partial charge in [0.2, 0.25) is 0 Å². The first-order chi connectivity index (χ1) is 17.5. The number of H-pyrrole nitrogens is 1. The average molecular weight is 505 g/mol. The van der Waals surface area contributed by atoms with Crippen LogP contribution in [0.15, 0.2) is 36.5 Å². The van der Waals surface area contributed by atoms with Crippen LogP contribution in [0.1, 0.15) is 51.4 Å². The first-order valence-electron chi connectivity index (χ1n) is 12.3. The minimum absolute atomic E-state index is 0.0130. The molecule has 1 atom stereocenters. The number of benzene rings is 1. The number of aromatic amines is 1. The van der Waals surface area contributed by atoms with Crippen LogP contribution in [0.2, 0.25) is 0 Å². The normalized spacial score (nSPS) is 17.7. The number of ether oxygens (including phenoxy) is 2. The number of methoxy groups -OCH3 is 1. The van der Waals surface area contributed by atoms with E-state index in [-0.39, 0.29) is 23.9 Å². The molecule has 9 heteroatoms. The molecular weight excluding hydrogens is 476 g/mol. The molecule has 2 amide bonds. The second kappa shape index (κ2) is 9.22. The van der Waals surface area contributed by atoms with Crippen molar-refractivity contribution in [1.29, 1.82) is 0 Å². The molecule has 6 rings (SSSR count). The Kier molecular flexibility index (Phi) is 5.89. The third kappa shape index (κ3) is 4.22. The number of carbonyl (C=O) groups is 2. The molecule has 3 aromatic heterocycles. The van der Waals surface area contributed by atoms with Crippen molar-refractivity contribution in [2.45, 2.75) is 44.7 Å². The highest BCUT2D eigenvalue weighted by molar-refractivity contribution is 7.21. The molecule has 1 aliphatic heterocycles. The van der Waals surface area contributed by atoms with Crippen LogP contribution in [0.4, 0.5) is 0 Å². The number of nitrogens with zero attached hydrogens (tertiary/aromatic N) is 2. The Labute approximate surface area is 212 Å². The van der Waals surface area contributed by atoms with Gasteiger partial charge in [0.15, 0.2) is 0 Å². The van der Waals surface area contributed by atoms with Crippen molar-refractivity contribution < 1.29 is 19.1 Å². The summed E-state index contributed by atoms with van der Waals surface area (Å²) in [6.45, 7) is 3.20. The standard InChI is InChI=1S/C27H28N4O4S/c1-15-24(26(32)30-16-5-6-16)19-12-18(7-8-20(19)29-15)35-22-9-10-28-21-13-23(36-25(21)22)27(33)31-11-3-4-17(31)14-34-2/h7-10,12-13,16-17,29H,3-6,11,14H2,1-2H3,(H,30,32)/t17-/m0/s1. The topological polar surface area (TPSA) is 96.5 Å². The number of aromatic nitrogens is 2. The second-order valence-electron chi connectivity index (χ2n) is 9.57. The van der Waals surface area contributed by atoms with Gasteiger partial charge in [-0.2, -0.15) is 0 Å². The van der Waals surface area contributed by atoms with Crippen molar-refractivity contribution >= 4 is 44.3 Å². The third-order valence-electron chi connectivity index (χ3n) is 6.91. The van der Waals surface area contributed by atoms with Crippen LogP contribution in [-0.4, -0.2) is 59.0 Å². The molecule has 36 heavy (non-hydrogen) atoms. The van der Waals surface area contributed by atoms with E-state index < -0.39 is 0 Å². The van der Waals surface area contributed by atoms with Crippen LogP contribution >= 0.6 is 11.3 Å². The predicted molar refractivity (Wildman–Crippen MR) is 139 cm³/mol. The SMILES string of the molecule is COC[C@@H]1CCCN1C(=O)c1cc2nccc(Oc3ccc4[nH]c(C)c(C(=O)NC5CC5)c4c3)c2s1. The molecule has 1 aliphatic carbocycles. The lowest BCUT2D eigenvalue weighted by molar-refractivity contribution is 0.0635. The molecule has 0 radical (unpaired) electrons. The van der Waals surface area contributed by atoms with Gasteiger partial charge in [0.25, 0.3) is 11.8 Å². The molecule has 1 saturated heterocycles. The van der Waals surface area contributed by atoms with Crippen LogP contribution in [0.25, 0.3) is 21.1 Å². The van der Waals surface area contributed by atoms with Gasteiger partial charge in [-0.25, -0.2) is 0 Å². The van der Waals surface area contributed by atoms with Crippen LogP contribution in [0.5, 0.6) is 11.5 Å². The molecule has 1 saturated carbocycles. The number of rotatable bonds is 7. The molecule has 2 N–H and O–H groups in total. The van der Waals surface area contributed by atoms with Gasteiger partial charge in [0.1, 0.15) is 11.5 Å². The first-order valence-corrected chi connectivity index (χ1v) is 13.1. The smallest absolute Gasteiger partial charge is 0.264 e. The molecule has 2 fully saturated rings. The molecule has 0 spiro atoms. The van der Waals surface area contributed by atoms with Gasteiger partial charge >= 0.3 is 0 Å². The zero-order valence-corrected chi connectivity index (χ0v) is 21.1. The number of amides is 2. The fourth-order valence-electron chi connectivity index (χ4n) is 4.98. The average Bonchev–Trinajstić information content (AvgIpc) is 3.25. The van der Waals surface area contributed by atoms with Crippen molar-refractivity contribution in [3.8, 4) is 11.5 Å². The zero-order valence-electron chi connectivity index (χ0n) is 20.3. The molecule has 2 aliphatic rings. The van der Waals surface area contributed by atoms with Crippen LogP contribution in [0, 0.1) is 6.92 Å². The second-order valence-corrected chi connectivity index (χ2v) is 10.6. The largest absolute Gasteiger partial charge is 0.456 e. The number of pyridine rings is 1. The number of hydrogen-bond acceptors (Lipinski definition) is 6. The number of carbonyl (C=O) groups excluding carboxylic acids is 2. The Bertz CT molecular complexity index is 1470. The van der Waals surface area contributed by atoms with E-state index in [0.29, 0.717) is 28.5 Å². The molecule has 1 aromatic carbocycles. The minimum atomic E-state index is -0.0557. The minimum Gasteiger partial charge on any atom is -0.456 e. The van der Waals surface area contributed by atoms with E-state index in [9.17, 15) is 9.59 Å². The van der Waals surface area contributed by atoms with Gasteiger partial charge in [-0.3, -0.25) is 14.6 Å². The van der Waals surface area contributed by atoms with Crippen LogP contribution in [0.3, 0.4) is 0 Å². The molecule has 0 bridgehead atoms. The summed E-state index contributed by atoms with van der Waals surface area (Å²) in [4.78, 5) is 36.5. The highest BCUT2D eigenvalue weighted by atomic mass is 32.1. The first kappa shape index (κ1) is 23.0. The molecule has 186 valence electrons. The van der Waals surface area contributed by atoms with E-state index >= 15 is 0 Å². The Morgan fingerprint density at radius 1 is 1.22 bits per heavy atom. The number of likely N-dealkylation sites (tertiary alicyclic amines) is 1. The maximum Gasteiger partial charge on any atom is 0.264 e. The quantitative estimate of drug-likeness (QED) is 0.368. The summed E-state index contributed by atoms with van der Waals surface area (Å²) in [5.41, 5.74) is 3.11. The van der Waals surface area contributed by atoms with Crippen LogP contribution in [-0.2, 0) is 4.74 Å². The van der Waals surface area contributed by atoms with E-state index in [1.54, 1.807) is 13.3 Å². The fourth-order valence-corrected chi connectivity index (χ4v) is 6.01. The maximum atomic E-state index is 13.3. The number of aryl methyl sites for hydroxylation is 1. The summed E-state index contributed by atoms with van der Waals surface area (Å²) in [6, 6.07) is 9.75. The molecule has 4 heterocycles. The van der Waals surface area contributed by atoms with E-state index in [2.05, 4.69) is 15.3 Å². The van der Waals surface area contributed by atoms with E-state index in [1.165, 1.54) is 11.3 Å². The Morgan fingerprint density at radius 2 is 2.08 bits per heavy atom. The lowest BCUT2D eigenvalue weighted by atomic mass is 10.1. The van der Waals surface area contributed by atoms with Gasteiger partial charge in [-0.15, -0.1) is 11.3 Å². The number of thiophene rings is 1. The number of nitrogens with one attached hydrogen (secondary N) is 2. The van der Waals surface area contributed by atoms with Crippen molar-refractivity contribution in [3.63, 3.8) is 0 Å². The lowest BCUT2D eigenvalue weighted by Gasteiger charge is -2.23. The van der Waals surface area contributed by atoms with Gasteiger partial charge in [0, 0.05) is 48.6 Å². The van der Waals surface area contributed by atoms with Crippen molar-refractivity contribution in [1.82, 2.24) is 20.2 Å². The third-order valence-corrected chi connectivity index (χ3v) is 8.04. The number of hydrogen-bond donors (Lipinski definition) is 2. The van der Waals surface area contributed by atoms with Gasteiger partial charge in [-0.05, 0) is 56.9 Å². The zero-order chi connectivity index (χ0) is 24.8. The van der Waals surface area contributed by atoms with Crippen molar-refractivity contribution in [2.75, 3.05) is 20.3 Å².